The quantitative estimate of drug-likeness (QED) is 0.584. The summed E-state index contributed by atoms with van der Waals surface area (Å²) in [7, 11) is 0. The monoisotopic (exact) mass is 409 g/mol. The van der Waals surface area contributed by atoms with Crippen molar-refractivity contribution in [3.63, 3.8) is 0 Å². The van der Waals surface area contributed by atoms with Crippen LogP contribution in [0.15, 0.2) is 38.4 Å². The van der Waals surface area contributed by atoms with Crippen molar-refractivity contribution in [2.75, 3.05) is 5.75 Å². The Labute approximate surface area is 154 Å². The number of nitrogens with one attached hydrogen (secondary N) is 1. The lowest BCUT2D eigenvalue weighted by Crippen LogP contribution is -2.35. The molecule has 1 heterocycles. The van der Waals surface area contributed by atoms with Crippen LogP contribution in [-0.4, -0.2) is 27.9 Å². The number of aromatic nitrogens is 2. The summed E-state index contributed by atoms with van der Waals surface area (Å²) in [4.78, 5) is 12.1. The summed E-state index contributed by atoms with van der Waals surface area (Å²) in [6, 6.07) is 7.99. The molecule has 1 aliphatic carbocycles. The number of carbonyl (C=O) groups is 1. The highest BCUT2D eigenvalue weighted by atomic mass is 79.9. The smallest absolute Gasteiger partial charge is 0.277 e. The van der Waals surface area contributed by atoms with Crippen LogP contribution in [0.1, 0.15) is 38.5 Å². The standard InChI is InChI=1S/C17H20BrN3O2S/c18-14-10-6-5-9-13(14)16-20-21-17(23-16)24-11-15(22)19-12-7-3-1-2-4-8-12/h5-6,9-10,12H,1-4,7-8,11H2,(H,19,22). The molecule has 0 atom stereocenters. The molecule has 0 spiro atoms. The van der Waals surface area contributed by atoms with Gasteiger partial charge in [-0.3, -0.25) is 4.79 Å². The Hall–Kier alpha value is -1.34. The third kappa shape index (κ3) is 4.83. The predicted octanol–water partition coefficient (Wildman–Crippen LogP) is 4.43. The molecular formula is C17H20BrN3O2S. The third-order valence-electron chi connectivity index (χ3n) is 4.06. The molecule has 2 aromatic rings. The molecule has 1 N–H and O–H groups in total. The number of hydrogen-bond donors (Lipinski definition) is 1. The average molecular weight is 410 g/mol. The van der Waals surface area contributed by atoms with Crippen molar-refractivity contribution in [3.8, 4) is 11.5 Å². The van der Waals surface area contributed by atoms with Gasteiger partial charge in [-0.1, -0.05) is 49.6 Å². The molecule has 7 heteroatoms. The molecule has 0 bridgehead atoms. The molecule has 1 fully saturated rings. The Kier molecular flexibility index (Phi) is 6.31. The van der Waals surface area contributed by atoms with Crippen LogP contribution in [0.5, 0.6) is 0 Å². The van der Waals surface area contributed by atoms with E-state index in [4.69, 9.17) is 4.42 Å². The highest BCUT2D eigenvalue weighted by Gasteiger charge is 2.16. The molecule has 0 radical (unpaired) electrons. The lowest BCUT2D eigenvalue weighted by atomic mass is 10.1. The Bertz CT molecular complexity index is 684. The number of nitrogens with zero attached hydrogens (tertiary/aromatic N) is 2. The summed E-state index contributed by atoms with van der Waals surface area (Å²) in [5.74, 6) is 0.787. The molecule has 1 aromatic carbocycles. The van der Waals surface area contributed by atoms with Crippen molar-refractivity contribution >= 4 is 33.6 Å². The Morgan fingerprint density at radius 1 is 1.21 bits per heavy atom. The molecule has 3 rings (SSSR count). The summed E-state index contributed by atoms with van der Waals surface area (Å²) in [6.07, 6.45) is 7.14. The zero-order valence-electron chi connectivity index (χ0n) is 13.3. The lowest BCUT2D eigenvalue weighted by Gasteiger charge is -2.15. The maximum absolute atomic E-state index is 12.1. The summed E-state index contributed by atoms with van der Waals surface area (Å²) in [5.41, 5.74) is 0.847. The van der Waals surface area contributed by atoms with E-state index in [1.807, 2.05) is 24.3 Å². The first kappa shape index (κ1) is 17.5. The summed E-state index contributed by atoms with van der Waals surface area (Å²) in [5, 5.41) is 11.6. The van der Waals surface area contributed by atoms with Crippen LogP contribution in [0.4, 0.5) is 0 Å². The van der Waals surface area contributed by atoms with E-state index >= 15 is 0 Å². The molecule has 0 unspecified atom stereocenters. The van der Waals surface area contributed by atoms with Gasteiger partial charge in [0.1, 0.15) is 0 Å². The lowest BCUT2D eigenvalue weighted by molar-refractivity contribution is -0.119. The minimum Gasteiger partial charge on any atom is -0.411 e. The molecule has 128 valence electrons. The van der Waals surface area contributed by atoms with Crippen molar-refractivity contribution in [1.29, 1.82) is 0 Å². The van der Waals surface area contributed by atoms with E-state index < -0.39 is 0 Å². The van der Waals surface area contributed by atoms with Crippen LogP contribution >= 0.6 is 27.7 Å². The maximum Gasteiger partial charge on any atom is 0.277 e. The van der Waals surface area contributed by atoms with Gasteiger partial charge in [-0.05, 0) is 40.9 Å². The summed E-state index contributed by atoms with van der Waals surface area (Å²) < 4.78 is 6.54. The van der Waals surface area contributed by atoms with Gasteiger partial charge >= 0.3 is 0 Å². The zero-order chi connectivity index (χ0) is 16.8. The first-order chi connectivity index (χ1) is 11.7. The highest BCUT2D eigenvalue weighted by molar-refractivity contribution is 9.10. The second-order valence-corrected chi connectivity index (χ2v) is 7.68. The van der Waals surface area contributed by atoms with E-state index in [2.05, 4.69) is 31.4 Å². The van der Waals surface area contributed by atoms with Gasteiger partial charge in [0.15, 0.2) is 0 Å². The van der Waals surface area contributed by atoms with Crippen LogP contribution in [0.2, 0.25) is 0 Å². The molecule has 5 nitrogen and oxygen atoms in total. The number of carbonyl (C=O) groups excluding carboxylic acids is 1. The highest BCUT2D eigenvalue weighted by Crippen LogP contribution is 2.29. The first-order valence-corrected chi connectivity index (χ1v) is 10.0. The fourth-order valence-electron chi connectivity index (χ4n) is 2.83. The summed E-state index contributed by atoms with van der Waals surface area (Å²) in [6.45, 7) is 0. The van der Waals surface area contributed by atoms with Crippen LogP contribution < -0.4 is 5.32 Å². The molecule has 1 aliphatic rings. The number of hydrogen-bond acceptors (Lipinski definition) is 5. The van der Waals surface area contributed by atoms with E-state index in [-0.39, 0.29) is 5.91 Å². The summed E-state index contributed by atoms with van der Waals surface area (Å²) >= 11 is 4.74. The van der Waals surface area contributed by atoms with Gasteiger partial charge in [0, 0.05) is 10.5 Å². The minimum atomic E-state index is 0.0348. The van der Waals surface area contributed by atoms with Crippen LogP contribution in [0.25, 0.3) is 11.5 Å². The van der Waals surface area contributed by atoms with E-state index in [1.165, 1.54) is 37.4 Å². The molecule has 1 aromatic heterocycles. The van der Waals surface area contributed by atoms with Crippen LogP contribution in [0, 0.1) is 0 Å². The largest absolute Gasteiger partial charge is 0.411 e. The van der Waals surface area contributed by atoms with Gasteiger partial charge < -0.3 is 9.73 Å². The fraction of sp³-hybridized carbons (Fsp3) is 0.471. The van der Waals surface area contributed by atoms with E-state index in [0.29, 0.717) is 22.9 Å². The van der Waals surface area contributed by atoms with Gasteiger partial charge in [-0.25, -0.2) is 0 Å². The van der Waals surface area contributed by atoms with Crippen molar-refractivity contribution in [2.24, 2.45) is 0 Å². The SMILES string of the molecule is O=C(CSc1nnc(-c2ccccc2Br)o1)NC1CCCCCC1. The zero-order valence-corrected chi connectivity index (χ0v) is 15.7. The molecular weight excluding hydrogens is 390 g/mol. The van der Waals surface area contributed by atoms with Crippen molar-refractivity contribution in [3.05, 3.63) is 28.7 Å². The second kappa shape index (κ2) is 8.67. The van der Waals surface area contributed by atoms with Gasteiger partial charge in [0.25, 0.3) is 5.22 Å². The van der Waals surface area contributed by atoms with Crippen molar-refractivity contribution < 1.29 is 9.21 Å². The molecule has 1 saturated carbocycles. The molecule has 0 aliphatic heterocycles. The topological polar surface area (TPSA) is 68.0 Å². The van der Waals surface area contributed by atoms with E-state index in [0.717, 1.165) is 22.9 Å². The van der Waals surface area contributed by atoms with Crippen LogP contribution in [-0.2, 0) is 4.79 Å². The Morgan fingerprint density at radius 3 is 2.71 bits per heavy atom. The van der Waals surface area contributed by atoms with E-state index in [9.17, 15) is 4.79 Å². The van der Waals surface area contributed by atoms with Crippen molar-refractivity contribution in [2.45, 2.75) is 49.8 Å². The van der Waals surface area contributed by atoms with Crippen LogP contribution in [0.3, 0.4) is 0 Å². The normalized spacial score (nSPS) is 15.9. The molecule has 0 saturated heterocycles. The third-order valence-corrected chi connectivity index (χ3v) is 5.57. The maximum atomic E-state index is 12.1. The van der Waals surface area contributed by atoms with Gasteiger partial charge in [0.2, 0.25) is 11.8 Å². The predicted molar refractivity (Wildman–Crippen MR) is 97.8 cm³/mol. The minimum absolute atomic E-state index is 0.0348. The Balaban J connectivity index is 1.52. The fourth-order valence-corrected chi connectivity index (χ4v) is 3.86. The number of rotatable bonds is 5. The van der Waals surface area contributed by atoms with Gasteiger partial charge in [-0.2, -0.15) is 0 Å². The number of benzene rings is 1. The number of amides is 1. The van der Waals surface area contributed by atoms with Crippen molar-refractivity contribution in [1.82, 2.24) is 15.5 Å². The molecule has 1 amide bonds. The molecule has 24 heavy (non-hydrogen) atoms. The number of thioether (sulfide) groups is 1. The number of halogens is 1. The van der Waals surface area contributed by atoms with Gasteiger partial charge in [0.05, 0.1) is 11.3 Å². The first-order valence-electron chi connectivity index (χ1n) is 8.23. The Morgan fingerprint density at radius 2 is 1.96 bits per heavy atom. The van der Waals surface area contributed by atoms with E-state index in [1.54, 1.807) is 0 Å². The second-order valence-electron chi connectivity index (χ2n) is 5.90. The van der Waals surface area contributed by atoms with Gasteiger partial charge in [-0.15, -0.1) is 10.2 Å². The average Bonchev–Trinajstić information content (AvgIpc) is 2.90.